The maximum absolute atomic E-state index is 11.1. The predicted octanol–water partition coefficient (Wildman–Crippen LogP) is -0.535. The quantitative estimate of drug-likeness (QED) is 0.425. The van der Waals surface area contributed by atoms with Gasteiger partial charge in [0.1, 0.15) is 5.54 Å². The lowest BCUT2D eigenvalue weighted by Gasteiger charge is -2.27. The first kappa shape index (κ1) is 14.3. The summed E-state index contributed by atoms with van der Waals surface area (Å²) >= 11 is 0. The summed E-state index contributed by atoms with van der Waals surface area (Å²) in [6.45, 7) is 2.04. The first-order valence-electron chi connectivity index (χ1n) is 4.84. The minimum atomic E-state index is -2.94. The Morgan fingerprint density at radius 2 is 2.07 bits per heavy atom. The number of hydrogen-bond acceptors (Lipinski definition) is 4. The molecule has 0 aliphatic heterocycles. The molecule has 0 amide bonds. The maximum Gasteiger partial charge on any atom is 0.324 e. The van der Waals surface area contributed by atoms with Gasteiger partial charge in [-0.15, -0.1) is 0 Å². The topological polar surface area (TPSA) is 109 Å². The van der Waals surface area contributed by atoms with Crippen molar-refractivity contribution in [2.75, 3.05) is 6.54 Å². The van der Waals surface area contributed by atoms with Crippen LogP contribution in [0, 0.1) is 0 Å². The second-order valence-electron chi connectivity index (χ2n) is 3.40. The fourth-order valence-electron chi connectivity index (χ4n) is 1.40. The summed E-state index contributed by atoms with van der Waals surface area (Å²) in [5.74, 6) is -1.17. The van der Waals surface area contributed by atoms with Gasteiger partial charge in [0.25, 0.3) is 0 Å². The molecule has 0 aromatic carbocycles. The zero-order valence-electron chi connectivity index (χ0n) is 8.73. The zero-order chi connectivity index (χ0) is 11.9. The van der Waals surface area contributed by atoms with E-state index >= 15 is 0 Å². The number of aliphatic carboxylic acids is 1. The SMILES string of the molecule is CCCC[C@@](CCN)(N[SH](=O)=O)C(=O)O. The van der Waals surface area contributed by atoms with Crippen LogP contribution in [0.4, 0.5) is 0 Å². The summed E-state index contributed by atoms with van der Waals surface area (Å²) in [5, 5.41) is 9.04. The van der Waals surface area contributed by atoms with E-state index in [0.717, 1.165) is 6.42 Å². The predicted molar refractivity (Wildman–Crippen MR) is 57.0 cm³/mol. The van der Waals surface area contributed by atoms with Gasteiger partial charge in [0.15, 0.2) is 0 Å². The number of nitrogens with one attached hydrogen (secondary N) is 1. The van der Waals surface area contributed by atoms with E-state index < -0.39 is 22.4 Å². The summed E-state index contributed by atoms with van der Waals surface area (Å²) < 4.78 is 23.3. The maximum atomic E-state index is 11.1. The van der Waals surface area contributed by atoms with Crippen molar-refractivity contribution in [2.45, 2.75) is 38.1 Å². The molecule has 0 fully saturated rings. The van der Waals surface area contributed by atoms with Gasteiger partial charge in [0.05, 0.1) is 0 Å². The molecular formula is C8H18N2O4S. The lowest BCUT2D eigenvalue weighted by atomic mass is 9.90. The molecule has 1 atom stereocenters. The smallest absolute Gasteiger partial charge is 0.324 e. The Morgan fingerprint density at radius 1 is 1.47 bits per heavy atom. The van der Waals surface area contributed by atoms with E-state index in [1.807, 2.05) is 6.92 Å². The van der Waals surface area contributed by atoms with Crippen LogP contribution in [0.25, 0.3) is 0 Å². The number of rotatable bonds is 8. The standard InChI is InChI=1S/C8H18N2O4S/c1-2-3-4-8(5-6-9,7(11)12)10-15(13)14/h15H,2-6,9H2,1H3,(H,11,12)(H,10,13,14)/t8-/m0/s1. The average molecular weight is 238 g/mol. The van der Waals surface area contributed by atoms with Gasteiger partial charge in [-0.25, -0.2) is 13.1 Å². The molecule has 0 aromatic rings. The van der Waals surface area contributed by atoms with Crippen molar-refractivity contribution in [1.82, 2.24) is 4.72 Å². The molecule has 0 radical (unpaired) electrons. The lowest BCUT2D eigenvalue weighted by Crippen LogP contribution is -2.52. The summed E-state index contributed by atoms with van der Waals surface area (Å²) in [4.78, 5) is 11.1. The third-order valence-corrected chi connectivity index (χ3v) is 2.85. The van der Waals surface area contributed by atoms with Gasteiger partial charge in [0.2, 0.25) is 10.9 Å². The highest BCUT2D eigenvalue weighted by molar-refractivity contribution is 7.70. The highest BCUT2D eigenvalue weighted by atomic mass is 32.2. The van der Waals surface area contributed by atoms with Crippen molar-refractivity contribution >= 4 is 16.9 Å². The molecule has 6 nitrogen and oxygen atoms in total. The van der Waals surface area contributed by atoms with Crippen molar-refractivity contribution in [3.05, 3.63) is 0 Å². The number of carboxylic acids is 1. The normalized spacial score (nSPS) is 15.1. The van der Waals surface area contributed by atoms with Gasteiger partial charge in [-0.3, -0.25) is 4.79 Å². The van der Waals surface area contributed by atoms with Crippen molar-refractivity contribution in [2.24, 2.45) is 5.73 Å². The van der Waals surface area contributed by atoms with Crippen LogP contribution < -0.4 is 10.5 Å². The van der Waals surface area contributed by atoms with Crippen LogP contribution in [0.15, 0.2) is 0 Å². The fraction of sp³-hybridized carbons (Fsp3) is 0.875. The Morgan fingerprint density at radius 3 is 2.40 bits per heavy atom. The summed E-state index contributed by atoms with van der Waals surface area (Å²) in [6, 6.07) is 0. The third-order valence-electron chi connectivity index (χ3n) is 2.24. The molecule has 0 rings (SSSR count). The third kappa shape index (κ3) is 4.59. The number of thiol groups is 1. The highest BCUT2D eigenvalue weighted by Crippen LogP contribution is 2.18. The molecule has 0 unspecified atom stereocenters. The Hall–Kier alpha value is -0.660. The molecule has 7 heteroatoms. The van der Waals surface area contributed by atoms with E-state index in [1.165, 1.54) is 0 Å². The second-order valence-corrected chi connectivity index (χ2v) is 4.14. The van der Waals surface area contributed by atoms with E-state index in [4.69, 9.17) is 10.8 Å². The van der Waals surface area contributed by atoms with Gasteiger partial charge in [0, 0.05) is 0 Å². The Labute approximate surface area is 90.9 Å². The number of carboxylic acid groups (broad SMARTS) is 1. The van der Waals surface area contributed by atoms with Gasteiger partial charge in [-0.1, -0.05) is 19.8 Å². The van der Waals surface area contributed by atoms with Crippen LogP contribution in [0.3, 0.4) is 0 Å². The Bertz CT molecular complexity index is 272. The molecule has 15 heavy (non-hydrogen) atoms. The minimum absolute atomic E-state index is 0.103. The molecule has 0 spiro atoms. The van der Waals surface area contributed by atoms with Crippen molar-refractivity contribution < 1.29 is 18.3 Å². The van der Waals surface area contributed by atoms with Gasteiger partial charge in [-0.2, -0.15) is 0 Å². The van der Waals surface area contributed by atoms with Crippen LogP contribution in [-0.2, 0) is 15.7 Å². The second kappa shape index (κ2) is 6.76. The van der Waals surface area contributed by atoms with Crippen LogP contribution in [0.5, 0.6) is 0 Å². The molecule has 0 bridgehead atoms. The molecule has 0 saturated carbocycles. The van der Waals surface area contributed by atoms with Crippen LogP contribution in [0.1, 0.15) is 32.6 Å². The van der Waals surface area contributed by atoms with E-state index in [1.54, 1.807) is 0 Å². The molecule has 4 N–H and O–H groups in total. The largest absolute Gasteiger partial charge is 0.480 e. The van der Waals surface area contributed by atoms with Gasteiger partial charge >= 0.3 is 5.97 Å². The van der Waals surface area contributed by atoms with Crippen LogP contribution >= 0.6 is 0 Å². The first-order chi connectivity index (χ1) is 6.98. The molecule has 0 saturated heterocycles. The Balaban J connectivity index is 4.79. The number of unbranched alkanes of at least 4 members (excludes halogenated alkanes) is 1. The molecule has 0 aliphatic carbocycles. The average Bonchev–Trinajstić information content (AvgIpc) is 2.13. The molecule has 0 aromatic heterocycles. The minimum Gasteiger partial charge on any atom is -0.480 e. The van der Waals surface area contributed by atoms with E-state index in [2.05, 4.69) is 4.72 Å². The van der Waals surface area contributed by atoms with Crippen molar-refractivity contribution in [3.63, 3.8) is 0 Å². The number of hydrogen-bond donors (Lipinski definition) is 4. The molecule has 0 aliphatic rings. The van der Waals surface area contributed by atoms with Crippen molar-refractivity contribution in [3.8, 4) is 0 Å². The highest BCUT2D eigenvalue weighted by Gasteiger charge is 2.37. The summed E-state index contributed by atoms with van der Waals surface area (Å²) in [7, 11) is -2.94. The monoisotopic (exact) mass is 238 g/mol. The van der Waals surface area contributed by atoms with E-state index in [-0.39, 0.29) is 19.4 Å². The van der Waals surface area contributed by atoms with E-state index in [0.29, 0.717) is 6.42 Å². The number of carbonyl (C=O) groups is 1. The molecule has 90 valence electrons. The first-order valence-corrected chi connectivity index (χ1v) is 6.02. The van der Waals surface area contributed by atoms with Crippen LogP contribution in [-0.4, -0.2) is 31.6 Å². The van der Waals surface area contributed by atoms with Gasteiger partial charge < -0.3 is 10.8 Å². The number of nitrogens with two attached hydrogens (primary N) is 1. The van der Waals surface area contributed by atoms with Gasteiger partial charge in [-0.05, 0) is 19.4 Å². The van der Waals surface area contributed by atoms with E-state index in [9.17, 15) is 13.2 Å². The lowest BCUT2D eigenvalue weighted by molar-refractivity contribution is -0.144. The fourth-order valence-corrected chi connectivity index (χ4v) is 2.07. The zero-order valence-corrected chi connectivity index (χ0v) is 9.63. The van der Waals surface area contributed by atoms with Crippen molar-refractivity contribution in [1.29, 1.82) is 0 Å². The Kier molecular flexibility index (Phi) is 6.46. The van der Waals surface area contributed by atoms with Crippen LogP contribution in [0.2, 0.25) is 0 Å². The molecular weight excluding hydrogens is 220 g/mol. The summed E-state index contributed by atoms with van der Waals surface area (Å²) in [5.41, 5.74) is 3.87. The molecule has 0 heterocycles. The summed E-state index contributed by atoms with van der Waals surface area (Å²) in [6.07, 6.45) is 1.81.